The number of carbonyl (C=O) groups is 1. The zero-order valence-electron chi connectivity index (χ0n) is 23.3. The average Bonchev–Trinajstić information content (AvgIpc) is 3.59. The number of aromatic nitrogens is 4. The van der Waals surface area contributed by atoms with Gasteiger partial charge < -0.3 is 30.8 Å². The van der Waals surface area contributed by atoms with E-state index in [0.717, 1.165) is 12.8 Å². The molecule has 2 saturated heterocycles. The molecule has 0 aromatic carbocycles. The molecule has 1 saturated carbocycles. The second kappa shape index (κ2) is 14.1. The first kappa shape index (κ1) is 31.3. The number of thioether (sulfide) groups is 2. The van der Waals surface area contributed by atoms with Crippen LogP contribution < -0.4 is 22.8 Å². The van der Waals surface area contributed by atoms with Crippen LogP contribution in [0.5, 0.6) is 0 Å². The number of ether oxygens (including phenoxy) is 3. The Balaban J connectivity index is 0.000000218. The normalized spacial score (nSPS) is 29.6. The van der Waals surface area contributed by atoms with Crippen LogP contribution in [0.15, 0.2) is 34.1 Å². The largest absolute Gasteiger partial charge is 0.459 e. The Bertz CT molecular complexity index is 1310. The topological polar surface area (TPSA) is 187 Å². The Labute approximate surface area is 246 Å². The number of carbonyl (C=O) groups excluding carboxylic acids is 1. The van der Waals surface area contributed by atoms with Gasteiger partial charge in [0.1, 0.15) is 35.6 Å². The van der Waals surface area contributed by atoms with E-state index in [1.165, 1.54) is 45.1 Å². The molecule has 1 aliphatic carbocycles. The minimum absolute atomic E-state index is 0.0572. The van der Waals surface area contributed by atoms with Gasteiger partial charge in [-0.1, -0.05) is 27.2 Å². The quantitative estimate of drug-likeness (QED) is 0.402. The lowest BCUT2D eigenvalue weighted by Crippen LogP contribution is -2.38. The predicted molar refractivity (Wildman–Crippen MR) is 157 cm³/mol. The van der Waals surface area contributed by atoms with Crippen LogP contribution in [-0.4, -0.2) is 65.3 Å². The van der Waals surface area contributed by atoms with Gasteiger partial charge in [0.15, 0.2) is 0 Å². The molecule has 4 heterocycles. The SMILES string of the molecule is CC(C)[C@@H]1CC[C@@H](C)C[C@H]1OC(=O)[C@@H]1O[C@H](n2ccc(N)nc2=O)CS1.Nc1ccn([C@@H]2CS[C@H](CO)O2)c(=O)n1. The Morgan fingerprint density at radius 2 is 1.63 bits per heavy atom. The van der Waals surface area contributed by atoms with Crippen LogP contribution >= 0.6 is 23.5 Å². The predicted octanol–water partition coefficient (Wildman–Crippen LogP) is 1.82. The van der Waals surface area contributed by atoms with E-state index in [2.05, 4.69) is 30.7 Å². The molecule has 5 N–H and O–H groups in total. The standard InChI is InChI=1S/C18H27N3O4S.C8H11N3O3S/c1-10(2)12-5-4-11(3)8-13(12)24-16(22)17-25-15(9-26-17)21-7-6-14(19)20-18(21)23;9-5-1-2-11(8(13)10-5)6-4-15-7(3-12)14-6/h6-7,10-13,15,17H,4-5,8-9H2,1-3H3,(H2,19,20,23);1-2,6-7,12H,3-4H2,(H2,9,10,13)/t11-,12+,13-,15+,17-;6-,7+/m10/s1. The summed E-state index contributed by atoms with van der Waals surface area (Å²) in [5.74, 6) is 2.55. The fraction of sp³-hybridized carbons (Fsp3) is 0.654. The lowest BCUT2D eigenvalue weighted by atomic mass is 9.75. The number of nitrogen functional groups attached to an aromatic ring is 2. The van der Waals surface area contributed by atoms with Crippen molar-refractivity contribution in [1.82, 2.24) is 19.1 Å². The molecule has 41 heavy (non-hydrogen) atoms. The molecule has 0 unspecified atom stereocenters. The molecule has 0 spiro atoms. The Morgan fingerprint density at radius 1 is 1.05 bits per heavy atom. The van der Waals surface area contributed by atoms with Crippen LogP contribution in [0.1, 0.15) is 52.5 Å². The van der Waals surface area contributed by atoms with Crippen LogP contribution in [0.2, 0.25) is 0 Å². The summed E-state index contributed by atoms with van der Waals surface area (Å²) < 4.78 is 19.8. The minimum Gasteiger partial charge on any atom is -0.459 e. The number of rotatable bonds is 6. The number of hydrogen-bond acceptors (Lipinski definition) is 13. The smallest absolute Gasteiger partial charge is 0.351 e. The maximum atomic E-state index is 12.6. The van der Waals surface area contributed by atoms with Crippen molar-refractivity contribution in [2.75, 3.05) is 29.6 Å². The van der Waals surface area contributed by atoms with Crippen LogP contribution in [-0.2, 0) is 19.0 Å². The monoisotopic (exact) mass is 610 g/mol. The van der Waals surface area contributed by atoms with Gasteiger partial charge in [-0.15, -0.1) is 23.5 Å². The highest BCUT2D eigenvalue weighted by Crippen LogP contribution is 2.37. The molecular weight excluding hydrogens is 572 g/mol. The molecule has 15 heteroatoms. The van der Waals surface area contributed by atoms with E-state index in [0.29, 0.717) is 29.3 Å². The third kappa shape index (κ3) is 8.03. The summed E-state index contributed by atoms with van der Waals surface area (Å²) in [5.41, 5.74) is 8.99. The van der Waals surface area contributed by atoms with Crippen LogP contribution in [0, 0.1) is 17.8 Å². The molecule has 2 aliphatic heterocycles. The number of aliphatic hydroxyl groups excluding tert-OH is 1. The van der Waals surface area contributed by atoms with Crippen molar-refractivity contribution in [1.29, 1.82) is 0 Å². The summed E-state index contributed by atoms with van der Waals surface area (Å²) in [7, 11) is 0. The Kier molecular flexibility index (Phi) is 10.7. The van der Waals surface area contributed by atoms with Gasteiger partial charge >= 0.3 is 17.3 Å². The van der Waals surface area contributed by atoms with Gasteiger partial charge in [-0.3, -0.25) is 9.13 Å². The van der Waals surface area contributed by atoms with Crippen molar-refractivity contribution < 1.29 is 24.1 Å². The third-order valence-corrected chi connectivity index (χ3v) is 9.49. The van der Waals surface area contributed by atoms with Crippen molar-refractivity contribution in [3.63, 3.8) is 0 Å². The fourth-order valence-electron chi connectivity index (χ4n) is 5.09. The summed E-state index contributed by atoms with van der Waals surface area (Å²) in [6, 6.07) is 3.08. The van der Waals surface area contributed by atoms with Crippen molar-refractivity contribution >= 4 is 41.1 Å². The summed E-state index contributed by atoms with van der Waals surface area (Å²) in [6.45, 7) is 6.50. The van der Waals surface area contributed by atoms with E-state index in [9.17, 15) is 14.4 Å². The molecule has 226 valence electrons. The van der Waals surface area contributed by atoms with E-state index in [4.69, 9.17) is 30.8 Å². The number of esters is 1. The second-order valence-electron chi connectivity index (χ2n) is 10.7. The number of hydrogen-bond donors (Lipinski definition) is 3. The zero-order chi connectivity index (χ0) is 29.7. The lowest BCUT2D eigenvalue weighted by molar-refractivity contribution is -0.166. The van der Waals surface area contributed by atoms with E-state index < -0.39 is 23.0 Å². The minimum atomic E-state index is -0.713. The number of anilines is 2. The second-order valence-corrected chi connectivity index (χ2v) is 13.0. The van der Waals surface area contributed by atoms with E-state index in [1.807, 2.05) is 0 Å². The average molecular weight is 611 g/mol. The molecule has 3 aliphatic rings. The van der Waals surface area contributed by atoms with Crippen molar-refractivity contribution in [2.24, 2.45) is 17.8 Å². The summed E-state index contributed by atoms with van der Waals surface area (Å²) >= 11 is 2.82. The first-order valence-electron chi connectivity index (χ1n) is 13.6. The number of nitrogens with two attached hydrogens (primary N) is 2. The van der Waals surface area contributed by atoms with Gasteiger partial charge in [0.2, 0.25) is 5.44 Å². The number of aliphatic hydroxyl groups is 1. The molecular formula is C26H38N6O7S2. The molecule has 2 aromatic heterocycles. The third-order valence-electron chi connectivity index (χ3n) is 7.30. The fourth-order valence-corrected chi connectivity index (χ4v) is 7.00. The molecule has 5 rings (SSSR count). The molecule has 0 radical (unpaired) electrons. The highest BCUT2D eigenvalue weighted by Gasteiger charge is 2.39. The van der Waals surface area contributed by atoms with E-state index in [1.54, 1.807) is 18.5 Å². The molecule has 2 aromatic rings. The maximum Gasteiger partial charge on any atom is 0.351 e. The molecule has 13 nitrogen and oxygen atoms in total. The molecule has 7 atom stereocenters. The first-order chi connectivity index (χ1) is 19.5. The summed E-state index contributed by atoms with van der Waals surface area (Å²) in [4.78, 5) is 43.3. The van der Waals surface area contributed by atoms with Crippen molar-refractivity contribution in [3.05, 3.63) is 45.5 Å². The van der Waals surface area contributed by atoms with Gasteiger partial charge in [0, 0.05) is 23.9 Å². The van der Waals surface area contributed by atoms with Gasteiger partial charge in [0.05, 0.1) is 6.61 Å². The van der Waals surface area contributed by atoms with E-state index in [-0.39, 0.29) is 42.0 Å². The number of nitrogens with zero attached hydrogens (tertiary/aromatic N) is 4. The maximum absolute atomic E-state index is 12.6. The lowest BCUT2D eigenvalue weighted by Gasteiger charge is -2.37. The van der Waals surface area contributed by atoms with Gasteiger partial charge in [-0.2, -0.15) is 9.97 Å². The van der Waals surface area contributed by atoms with Crippen molar-refractivity contribution in [3.8, 4) is 0 Å². The van der Waals surface area contributed by atoms with Crippen molar-refractivity contribution in [2.45, 2.75) is 69.5 Å². The first-order valence-corrected chi connectivity index (χ1v) is 15.7. The van der Waals surface area contributed by atoms with Crippen LogP contribution in [0.25, 0.3) is 0 Å². The molecule has 3 fully saturated rings. The molecule has 0 bridgehead atoms. The highest BCUT2D eigenvalue weighted by molar-refractivity contribution is 8.00. The van der Waals surface area contributed by atoms with Gasteiger partial charge in [0.25, 0.3) is 0 Å². The molecule has 0 amide bonds. The summed E-state index contributed by atoms with van der Waals surface area (Å²) in [6.07, 6.45) is 5.30. The summed E-state index contributed by atoms with van der Waals surface area (Å²) in [5, 5.41) is 8.88. The highest BCUT2D eigenvalue weighted by atomic mass is 32.2. The van der Waals surface area contributed by atoms with Crippen LogP contribution in [0.3, 0.4) is 0 Å². The van der Waals surface area contributed by atoms with E-state index >= 15 is 0 Å². The Morgan fingerprint density at radius 3 is 2.17 bits per heavy atom. The van der Waals surface area contributed by atoms with Gasteiger partial charge in [-0.05, 0) is 42.7 Å². The zero-order valence-corrected chi connectivity index (χ0v) is 25.0. The Hall–Kier alpha value is -2.59. The van der Waals surface area contributed by atoms with Gasteiger partial charge in [-0.25, -0.2) is 14.4 Å². The van der Waals surface area contributed by atoms with Crippen LogP contribution in [0.4, 0.5) is 11.6 Å².